The maximum Gasteiger partial charge on any atom is 0.258 e. The molecule has 1 aliphatic rings. The summed E-state index contributed by atoms with van der Waals surface area (Å²) in [5, 5.41) is 0. The van der Waals surface area contributed by atoms with Crippen molar-refractivity contribution < 1.29 is 14.0 Å². The number of halogens is 1. The van der Waals surface area contributed by atoms with E-state index in [4.69, 9.17) is 0 Å². The molecule has 2 amide bonds. The summed E-state index contributed by atoms with van der Waals surface area (Å²) >= 11 is 0. The van der Waals surface area contributed by atoms with Gasteiger partial charge in [-0.05, 0) is 61.7 Å². The fraction of sp³-hybridized carbons (Fsp3) is 0.310. The van der Waals surface area contributed by atoms with E-state index in [1.165, 1.54) is 12.1 Å². The third-order valence-corrected chi connectivity index (χ3v) is 6.46. The molecule has 1 aliphatic heterocycles. The van der Waals surface area contributed by atoms with Crippen LogP contribution in [0.2, 0.25) is 0 Å². The summed E-state index contributed by atoms with van der Waals surface area (Å²) in [5.74, 6) is -0.588. The minimum atomic E-state index is -0.444. The maximum absolute atomic E-state index is 14.0. The quantitative estimate of drug-likeness (QED) is 0.361. The van der Waals surface area contributed by atoms with E-state index >= 15 is 0 Å². The molecule has 4 nitrogen and oxygen atoms in total. The van der Waals surface area contributed by atoms with E-state index < -0.39 is 5.82 Å². The van der Waals surface area contributed by atoms with Crippen LogP contribution in [-0.2, 0) is 4.79 Å². The SMILES string of the molecule is CCCCCC(=O)N1c2ccccc2[C@@H](N(C(=O)c2cccc(F)c2)c2ccccc2)C[C@H]1C. The fourth-order valence-corrected chi connectivity index (χ4v) is 4.84. The zero-order valence-electron chi connectivity index (χ0n) is 19.8. The number of para-hydroxylation sites is 2. The van der Waals surface area contributed by atoms with Crippen LogP contribution in [0.3, 0.4) is 0 Å². The van der Waals surface area contributed by atoms with Gasteiger partial charge in [0.15, 0.2) is 0 Å². The van der Waals surface area contributed by atoms with Crippen molar-refractivity contribution in [1.82, 2.24) is 0 Å². The molecular weight excluding hydrogens is 427 g/mol. The highest BCUT2D eigenvalue weighted by Gasteiger charge is 2.38. The lowest BCUT2D eigenvalue weighted by molar-refractivity contribution is -0.119. The zero-order chi connectivity index (χ0) is 24.1. The van der Waals surface area contributed by atoms with Gasteiger partial charge in [0, 0.05) is 29.4 Å². The third-order valence-electron chi connectivity index (χ3n) is 6.46. The Morgan fingerprint density at radius 2 is 1.71 bits per heavy atom. The smallest absolute Gasteiger partial charge is 0.258 e. The van der Waals surface area contributed by atoms with Crippen molar-refractivity contribution in [2.75, 3.05) is 9.80 Å². The molecule has 0 spiro atoms. The predicted octanol–water partition coefficient (Wildman–Crippen LogP) is 6.92. The lowest BCUT2D eigenvalue weighted by atomic mass is 9.89. The van der Waals surface area contributed by atoms with Gasteiger partial charge >= 0.3 is 0 Å². The lowest BCUT2D eigenvalue weighted by Gasteiger charge is -2.43. The van der Waals surface area contributed by atoms with Gasteiger partial charge in [-0.25, -0.2) is 4.39 Å². The second-order valence-electron chi connectivity index (χ2n) is 8.90. The standard InChI is InChI=1S/C29H31FN2O2/c1-3-4-6-18-28(33)31-21(2)19-27(25-16-9-10-17-26(25)31)32(24-14-7-5-8-15-24)29(34)22-12-11-13-23(30)20-22/h5,7-17,20-21,27H,3-4,6,18-19H2,1-2H3/t21-,27+/m1/s1. The van der Waals surface area contributed by atoms with Crippen LogP contribution in [0.15, 0.2) is 78.9 Å². The van der Waals surface area contributed by atoms with E-state index in [1.54, 1.807) is 17.0 Å². The molecule has 0 saturated heterocycles. The molecule has 1 heterocycles. The van der Waals surface area contributed by atoms with Gasteiger partial charge < -0.3 is 9.80 Å². The first-order chi connectivity index (χ1) is 16.5. The Hall–Kier alpha value is -3.47. The van der Waals surface area contributed by atoms with Crippen LogP contribution in [0.5, 0.6) is 0 Å². The number of unbranched alkanes of at least 4 members (excludes halogenated alkanes) is 2. The van der Waals surface area contributed by atoms with Gasteiger partial charge in [0.2, 0.25) is 5.91 Å². The zero-order valence-corrected chi connectivity index (χ0v) is 19.8. The normalized spacial score (nSPS) is 17.2. The molecule has 0 fully saturated rings. The number of anilines is 2. The first-order valence-electron chi connectivity index (χ1n) is 12.1. The summed E-state index contributed by atoms with van der Waals surface area (Å²) in [5.41, 5.74) is 2.82. The fourth-order valence-electron chi connectivity index (χ4n) is 4.84. The topological polar surface area (TPSA) is 40.6 Å². The average molecular weight is 459 g/mol. The van der Waals surface area contributed by atoms with Crippen molar-refractivity contribution in [3.05, 3.63) is 95.8 Å². The second-order valence-corrected chi connectivity index (χ2v) is 8.90. The van der Waals surface area contributed by atoms with Crippen LogP contribution in [0.4, 0.5) is 15.8 Å². The van der Waals surface area contributed by atoms with Gasteiger partial charge in [0.1, 0.15) is 5.82 Å². The monoisotopic (exact) mass is 458 g/mol. The molecular formula is C29H31FN2O2. The van der Waals surface area contributed by atoms with E-state index in [0.717, 1.165) is 36.2 Å². The Morgan fingerprint density at radius 1 is 0.971 bits per heavy atom. The number of amides is 2. The number of hydrogen-bond acceptors (Lipinski definition) is 2. The van der Waals surface area contributed by atoms with Gasteiger partial charge in [0.05, 0.1) is 6.04 Å². The Morgan fingerprint density at radius 3 is 2.44 bits per heavy atom. The number of hydrogen-bond donors (Lipinski definition) is 0. The number of carbonyl (C=O) groups excluding carboxylic acids is 2. The van der Waals surface area contributed by atoms with Crippen LogP contribution in [0.1, 0.15) is 67.9 Å². The molecule has 34 heavy (non-hydrogen) atoms. The number of carbonyl (C=O) groups is 2. The minimum absolute atomic E-state index is 0.0828. The highest BCUT2D eigenvalue weighted by molar-refractivity contribution is 6.07. The highest BCUT2D eigenvalue weighted by Crippen LogP contribution is 2.43. The molecule has 0 saturated carbocycles. The van der Waals surface area contributed by atoms with Gasteiger partial charge in [-0.2, -0.15) is 0 Å². The molecule has 0 bridgehead atoms. The molecule has 0 aliphatic carbocycles. The summed E-state index contributed by atoms with van der Waals surface area (Å²) in [7, 11) is 0. The Balaban J connectivity index is 1.76. The maximum atomic E-state index is 14.0. The molecule has 3 aromatic rings. The van der Waals surface area contributed by atoms with Gasteiger partial charge in [0.25, 0.3) is 5.91 Å². The molecule has 4 rings (SSSR count). The van der Waals surface area contributed by atoms with Crippen molar-refractivity contribution in [3.63, 3.8) is 0 Å². The minimum Gasteiger partial charge on any atom is -0.309 e. The van der Waals surface area contributed by atoms with Crippen LogP contribution in [0, 0.1) is 5.82 Å². The summed E-state index contributed by atoms with van der Waals surface area (Å²) in [6.07, 6.45) is 4.07. The van der Waals surface area contributed by atoms with Crippen LogP contribution < -0.4 is 9.80 Å². The summed E-state index contributed by atoms with van der Waals surface area (Å²) in [6, 6.07) is 22.8. The van der Waals surface area contributed by atoms with E-state index in [1.807, 2.05) is 66.4 Å². The Bertz CT molecular complexity index is 1150. The first-order valence-corrected chi connectivity index (χ1v) is 12.1. The molecule has 0 radical (unpaired) electrons. The van der Waals surface area contributed by atoms with E-state index in [0.29, 0.717) is 18.4 Å². The molecule has 5 heteroatoms. The largest absolute Gasteiger partial charge is 0.309 e. The van der Waals surface area contributed by atoms with E-state index in [9.17, 15) is 14.0 Å². The molecule has 176 valence electrons. The number of fused-ring (bicyclic) bond motifs is 1. The second kappa shape index (κ2) is 10.6. The van der Waals surface area contributed by atoms with Crippen molar-refractivity contribution in [3.8, 4) is 0 Å². The number of nitrogens with zero attached hydrogens (tertiary/aromatic N) is 2. The van der Waals surface area contributed by atoms with Gasteiger partial charge in [-0.15, -0.1) is 0 Å². The van der Waals surface area contributed by atoms with Crippen LogP contribution in [-0.4, -0.2) is 17.9 Å². The Labute approximate surface area is 201 Å². The molecule has 0 aromatic heterocycles. The average Bonchev–Trinajstić information content (AvgIpc) is 2.85. The summed E-state index contributed by atoms with van der Waals surface area (Å²) in [4.78, 5) is 30.6. The number of rotatable bonds is 7. The Kier molecular flexibility index (Phi) is 7.41. The summed E-state index contributed by atoms with van der Waals surface area (Å²) < 4.78 is 14.0. The van der Waals surface area contributed by atoms with Crippen molar-refractivity contribution in [1.29, 1.82) is 0 Å². The lowest BCUT2D eigenvalue weighted by Crippen LogP contribution is -2.47. The van der Waals surface area contributed by atoms with E-state index in [-0.39, 0.29) is 23.9 Å². The van der Waals surface area contributed by atoms with Crippen LogP contribution >= 0.6 is 0 Å². The van der Waals surface area contributed by atoms with Crippen molar-refractivity contribution in [2.45, 2.75) is 58.0 Å². The number of benzene rings is 3. The van der Waals surface area contributed by atoms with Crippen molar-refractivity contribution in [2.24, 2.45) is 0 Å². The van der Waals surface area contributed by atoms with Crippen LogP contribution in [0.25, 0.3) is 0 Å². The van der Waals surface area contributed by atoms with Crippen molar-refractivity contribution >= 4 is 23.2 Å². The molecule has 2 atom stereocenters. The molecule has 0 N–H and O–H groups in total. The van der Waals surface area contributed by atoms with Gasteiger partial charge in [-0.3, -0.25) is 9.59 Å². The molecule has 3 aromatic carbocycles. The summed E-state index contributed by atoms with van der Waals surface area (Å²) in [6.45, 7) is 4.16. The first kappa shape index (κ1) is 23.7. The molecule has 0 unspecified atom stereocenters. The van der Waals surface area contributed by atoms with E-state index in [2.05, 4.69) is 6.92 Å². The highest BCUT2D eigenvalue weighted by atomic mass is 19.1. The predicted molar refractivity (Wildman–Crippen MR) is 135 cm³/mol. The third kappa shape index (κ3) is 4.89. The van der Waals surface area contributed by atoms with Gasteiger partial charge in [-0.1, -0.05) is 62.2 Å².